The molecule has 2 heterocycles. The lowest BCUT2D eigenvalue weighted by Gasteiger charge is -2.02. The summed E-state index contributed by atoms with van der Waals surface area (Å²) < 4.78 is 15.2. The molecule has 0 unspecified atom stereocenters. The molecule has 2 nitrogen and oxygen atoms in total. The number of aryl methyl sites for hydroxylation is 1. The van der Waals surface area contributed by atoms with Crippen molar-refractivity contribution in [3.05, 3.63) is 72.4 Å². The van der Waals surface area contributed by atoms with Gasteiger partial charge in [-0.1, -0.05) is 12.1 Å². The Morgan fingerprint density at radius 1 is 1.14 bits per heavy atom. The highest BCUT2D eigenvalue weighted by molar-refractivity contribution is 5.63. The third-order valence-electron chi connectivity index (χ3n) is 3.07. The molecular weight excluding hydrogens is 275 g/mol. The molecule has 0 N–H and O–H groups in total. The summed E-state index contributed by atoms with van der Waals surface area (Å²) in [5.41, 5.74) is 3.91. The minimum absolute atomic E-state index is 0.233. The third-order valence-corrected chi connectivity index (χ3v) is 3.07. The molecule has 0 saturated heterocycles. The zero-order valence-corrected chi connectivity index (χ0v) is 12.6. The van der Waals surface area contributed by atoms with Gasteiger partial charge in [0.25, 0.3) is 0 Å². The molecule has 0 aliphatic heterocycles. The number of aromatic nitrogens is 2. The molecular formula is C19H17FN2. The smallest absolute Gasteiger partial charge is 0.125 e. The maximum atomic E-state index is 13.3. The van der Waals surface area contributed by atoms with E-state index in [2.05, 4.69) is 17.3 Å². The summed E-state index contributed by atoms with van der Waals surface area (Å²) in [5.74, 6) is 2.02. The van der Waals surface area contributed by atoms with Crippen LogP contribution < -0.4 is 0 Å². The first kappa shape index (κ1) is 15.5. The zero-order chi connectivity index (χ0) is 15.9. The Morgan fingerprint density at radius 3 is 2.55 bits per heavy atom. The lowest BCUT2D eigenvalue weighted by molar-refractivity contribution is 0.626. The fraction of sp³-hybridized carbons (Fsp3) is 0.105. The van der Waals surface area contributed by atoms with Gasteiger partial charge in [0.1, 0.15) is 5.82 Å². The molecule has 0 fully saturated rings. The van der Waals surface area contributed by atoms with E-state index >= 15 is 0 Å². The number of halogens is 1. The summed E-state index contributed by atoms with van der Waals surface area (Å²) in [6, 6.07) is 12.4. The van der Waals surface area contributed by atoms with E-state index in [1.165, 1.54) is 12.1 Å². The monoisotopic (exact) mass is 292 g/mol. The molecule has 3 rings (SSSR count). The maximum absolute atomic E-state index is 13.3. The highest BCUT2D eigenvalue weighted by Crippen LogP contribution is 2.24. The van der Waals surface area contributed by atoms with Crippen molar-refractivity contribution in [3.8, 4) is 29.3 Å². The van der Waals surface area contributed by atoms with Crippen molar-refractivity contribution in [1.82, 2.24) is 9.55 Å². The molecule has 2 aromatic heterocycles. The average Bonchev–Trinajstić information content (AvgIpc) is 2.91. The number of rotatable bonds is 2. The quantitative estimate of drug-likeness (QED) is 0.630. The van der Waals surface area contributed by atoms with Gasteiger partial charge < -0.3 is 4.57 Å². The van der Waals surface area contributed by atoms with E-state index in [1.807, 2.05) is 48.1 Å². The van der Waals surface area contributed by atoms with Gasteiger partial charge in [-0.2, -0.15) is 0 Å². The summed E-state index contributed by atoms with van der Waals surface area (Å²) in [4.78, 5) is 4.35. The molecule has 0 bridgehead atoms. The van der Waals surface area contributed by atoms with Crippen LogP contribution in [0, 0.1) is 25.1 Å². The molecule has 110 valence electrons. The van der Waals surface area contributed by atoms with Gasteiger partial charge in [0, 0.05) is 29.8 Å². The highest BCUT2D eigenvalue weighted by atomic mass is 19.1. The molecule has 0 amide bonds. The van der Waals surface area contributed by atoms with Crippen LogP contribution in [0.25, 0.3) is 16.9 Å². The highest BCUT2D eigenvalue weighted by Gasteiger charge is 2.07. The Labute approximate surface area is 130 Å². The SMILES string of the molecule is C#CC.Cc1cn(-c2cccc(F)c2)cc1-c1ccccn1. The predicted molar refractivity (Wildman–Crippen MR) is 88.2 cm³/mol. The lowest BCUT2D eigenvalue weighted by atomic mass is 10.1. The Kier molecular flexibility index (Phi) is 5.11. The van der Waals surface area contributed by atoms with Crippen molar-refractivity contribution < 1.29 is 4.39 Å². The van der Waals surface area contributed by atoms with Crippen LogP contribution in [-0.4, -0.2) is 9.55 Å². The second-order valence-corrected chi connectivity index (χ2v) is 4.75. The van der Waals surface area contributed by atoms with Crippen LogP contribution in [0.4, 0.5) is 4.39 Å². The van der Waals surface area contributed by atoms with E-state index < -0.39 is 0 Å². The van der Waals surface area contributed by atoms with E-state index in [9.17, 15) is 4.39 Å². The average molecular weight is 292 g/mol. The summed E-state index contributed by atoms with van der Waals surface area (Å²) >= 11 is 0. The molecule has 0 atom stereocenters. The van der Waals surface area contributed by atoms with Crippen molar-refractivity contribution in [3.63, 3.8) is 0 Å². The Balaban J connectivity index is 0.000000545. The summed E-state index contributed by atoms with van der Waals surface area (Å²) in [6.45, 7) is 3.68. The van der Waals surface area contributed by atoms with Crippen molar-refractivity contribution in [1.29, 1.82) is 0 Å². The zero-order valence-electron chi connectivity index (χ0n) is 12.6. The summed E-state index contributed by atoms with van der Waals surface area (Å²) in [6.07, 6.45) is 10.3. The number of pyridine rings is 1. The van der Waals surface area contributed by atoms with Gasteiger partial charge in [0.2, 0.25) is 0 Å². The fourth-order valence-electron chi connectivity index (χ4n) is 2.13. The van der Waals surface area contributed by atoms with Crippen LogP contribution in [0.15, 0.2) is 61.1 Å². The van der Waals surface area contributed by atoms with Crippen LogP contribution in [0.1, 0.15) is 12.5 Å². The second-order valence-electron chi connectivity index (χ2n) is 4.75. The Morgan fingerprint density at radius 2 is 1.91 bits per heavy atom. The van der Waals surface area contributed by atoms with Gasteiger partial charge in [0.15, 0.2) is 0 Å². The summed E-state index contributed by atoms with van der Waals surface area (Å²) in [5, 5.41) is 0. The van der Waals surface area contributed by atoms with E-state index in [0.29, 0.717) is 0 Å². The van der Waals surface area contributed by atoms with Crippen LogP contribution in [0.2, 0.25) is 0 Å². The van der Waals surface area contributed by atoms with Gasteiger partial charge in [0.05, 0.1) is 5.69 Å². The van der Waals surface area contributed by atoms with Crippen molar-refractivity contribution >= 4 is 0 Å². The van der Waals surface area contributed by atoms with E-state index in [0.717, 1.165) is 22.5 Å². The molecule has 0 aliphatic carbocycles. The van der Waals surface area contributed by atoms with Gasteiger partial charge in [-0.25, -0.2) is 4.39 Å². The van der Waals surface area contributed by atoms with Crippen molar-refractivity contribution in [2.45, 2.75) is 13.8 Å². The molecule has 3 aromatic rings. The molecule has 0 saturated carbocycles. The van der Waals surface area contributed by atoms with E-state index in [1.54, 1.807) is 19.2 Å². The standard InChI is InChI=1S/C16H13FN2.C3H4/c1-12-10-19(14-6-4-5-13(17)9-14)11-15(12)16-7-2-3-8-18-16;1-3-2/h2-11H,1H3;1H,2H3. The molecule has 0 aliphatic rings. The number of terminal acetylenes is 1. The predicted octanol–water partition coefficient (Wildman–Crippen LogP) is 4.63. The molecule has 0 radical (unpaired) electrons. The first-order valence-electron chi connectivity index (χ1n) is 6.89. The molecule has 22 heavy (non-hydrogen) atoms. The van der Waals surface area contributed by atoms with Crippen LogP contribution in [-0.2, 0) is 0 Å². The van der Waals surface area contributed by atoms with Gasteiger partial charge in [-0.15, -0.1) is 12.3 Å². The largest absolute Gasteiger partial charge is 0.323 e. The lowest BCUT2D eigenvalue weighted by Crippen LogP contribution is -1.90. The fourth-order valence-corrected chi connectivity index (χ4v) is 2.13. The van der Waals surface area contributed by atoms with Crippen molar-refractivity contribution in [2.75, 3.05) is 0 Å². The molecule has 0 spiro atoms. The van der Waals surface area contributed by atoms with E-state index in [4.69, 9.17) is 0 Å². The van der Waals surface area contributed by atoms with Gasteiger partial charge in [-0.3, -0.25) is 4.98 Å². The first-order chi connectivity index (χ1) is 10.7. The number of benzene rings is 1. The Bertz CT molecular complexity index is 783. The number of hydrogen-bond donors (Lipinski definition) is 0. The van der Waals surface area contributed by atoms with Gasteiger partial charge >= 0.3 is 0 Å². The summed E-state index contributed by atoms with van der Waals surface area (Å²) in [7, 11) is 0. The normalized spacial score (nSPS) is 9.55. The Hall–Kier alpha value is -2.86. The second kappa shape index (κ2) is 7.24. The topological polar surface area (TPSA) is 17.8 Å². The van der Waals surface area contributed by atoms with Crippen LogP contribution in [0.3, 0.4) is 0 Å². The number of hydrogen-bond acceptors (Lipinski definition) is 1. The first-order valence-corrected chi connectivity index (χ1v) is 6.89. The molecule has 1 aromatic carbocycles. The van der Waals surface area contributed by atoms with Crippen LogP contribution >= 0.6 is 0 Å². The van der Waals surface area contributed by atoms with Gasteiger partial charge in [-0.05, 0) is 49.7 Å². The van der Waals surface area contributed by atoms with E-state index in [-0.39, 0.29) is 5.82 Å². The minimum Gasteiger partial charge on any atom is -0.323 e. The minimum atomic E-state index is -0.233. The molecule has 3 heteroatoms. The maximum Gasteiger partial charge on any atom is 0.125 e. The van der Waals surface area contributed by atoms with Crippen molar-refractivity contribution in [2.24, 2.45) is 0 Å². The number of nitrogens with zero attached hydrogens (tertiary/aromatic N) is 2. The third kappa shape index (κ3) is 3.62. The van der Waals surface area contributed by atoms with Crippen LogP contribution in [0.5, 0.6) is 0 Å².